The van der Waals surface area contributed by atoms with Crippen molar-refractivity contribution in [2.24, 2.45) is 4.99 Å². The normalized spacial score (nSPS) is 19.6. The molecule has 0 aromatic heterocycles. The van der Waals surface area contributed by atoms with E-state index in [1.807, 2.05) is 0 Å². The van der Waals surface area contributed by atoms with E-state index in [2.05, 4.69) is 10.3 Å². The minimum absolute atomic E-state index is 0.176. The van der Waals surface area contributed by atoms with Gasteiger partial charge in [0.25, 0.3) is 0 Å². The van der Waals surface area contributed by atoms with Gasteiger partial charge in [0.1, 0.15) is 0 Å². The minimum atomic E-state index is -4.37. The molecule has 2 rings (SSSR count). The van der Waals surface area contributed by atoms with Crippen LogP contribution in [0.3, 0.4) is 0 Å². The molecule has 0 saturated heterocycles. The summed E-state index contributed by atoms with van der Waals surface area (Å²) in [6.45, 7) is 0. The van der Waals surface area contributed by atoms with Crippen molar-refractivity contribution in [3.8, 4) is 0 Å². The highest BCUT2D eigenvalue weighted by Gasteiger charge is 2.31. The van der Waals surface area contributed by atoms with E-state index in [4.69, 9.17) is 5.11 Å². The second-order valence-corrected chi connectivity index (χ2v) is 3.10. The highest BCUT2D eigenvalue weighted by molar-refractivity contribution is 5.82. The van der Waals surface area contributed by atoms with Gasteiger partial charge in [-0.15, -0.1) is 0 Å². The Balaban J connectivity index is 2.42. The van der Waals surface area contributed by atoms with Crippen LogP contribution in [0, 0.1) is 0 Å². The number of hydrogen-bond acceptors (Lipinski definition) is 3. The Hall–Kier alpha value is -1.56. The molecule has 1 aromatic rings. The van der Waals surface area contributed by atoms with Gasteiger partial charge in [0.15, 0.2) is 6.23 Å². The number of anilines is 1. The lowest BCUT2D eigenvalue weighted by Gasteiger charge is -2.18. The summed E-state index contributed by atoms with van der Waals surface area (Å²) in [6.07, 6.45) is -4.18. The van der Waals surface area contributed by atoms with Crippen LogP contribution in [-0.2, 0) is 6.18 Å². The summed E-state index contributed by atoms with van der Waals surface area (Å²) >= 11 is 0. The summed E-state index contributed by atoms with van der Waals surface area (Å²) in [5, 5.41) is 11.7. The standard InChI is InChI=1S/C9H7F3N2O/c10-9(11,12)5-1-2-6-7(3-5)13-4-8(15)14-6/h1-4,8,14-15H. The third-order valence-electron chi connectivity index (χ3n) is 1.98. The molecule has 1 aliphatic heterocycles. The monoisotopic (exact) mass is 216 g/mol. The van der Waals surface area contributed by atoms with Crippen molar-refractivity contribution in [3.05, 3.63) is 23.8 Å². The molecule has 0 radical (unpaired) electrons. The molecule has 3 nitrogen and oxygen atoms in total. The summed E-state index contributed by atoms with van der Waals surface area (Å²) in [4.78, 5) is 3.71. The molecule has 0 amide bonds. The molecule has 1 aliphatic rings. The number of aliphatic hydroxyl groups is 1. The van der Waals surface area contributed by atoms with E-state index in [1.54, 1.807) is 0 Å². The Morgan fingerprint density at radius 1 is 1.33 bits per heavy atom. The summed E-state index contributed by atoms with van der Waals surface area (Å²) in [6, 6.07) is 3.13. The first-order valence-electron chi connectivity index (χ1n) is 4.17. The molecule has 0 aliphatic carbocycles. The Bertz CT molecular complexity index is 414. The van der Waals surface area contributed by atoms with Gasteiger partial charge in [-0.1, -0.05) is 0 Å². The second kappa shape index (κ2) is 3.23. The molecule has 15 heavy (non-hydrogen) atoms. The summed E-state index contributed by atoms with van der Waals surface area (Å²) < 4.78 is 36.9. The smallest absolute Gasteiger partial charge is 0.369 e. The van der Waals surface area contributed by atoms with Gasteiger partial charge in [0.05, 0.1) is 23.2 Å². The number of aliphatic hydroxyl groups excluding tert-OH is 1. The van der Waals surface area contributed by atoms with Crippen molar-refractivity contribution in [3.63, 3.8) is 0 Å². The largest absolute Gasteiger partial charge is 0.416 e. The lowest BCUT2D eigenvalue weighted by atomic mass is 10.1. The third-order valence-corrected chi connectivity index (χ3v) is 1.98. The predicted octanol–water partition coefficient (Wildman–Crippen LogP) is 2.15. The van der Waals surface area contributed by atoms with Crippen LogP contribution in [0.15, 0.2) is 23.2 Å². The molecule has 0 saturated carbocycles. The summed E-state index contributed by atoms with van der Waals surface area (Å²) in [7, 11) is 0. The van der Waals surface area contributed by atoms with Crippen LogP contribution in [0.2, 0.25) is 0 Å². The van der Waals surface area contributed by atoms with Crippen LogP contribution in [0.1, 0.15) is 5.56 Å². The highest BCUT2D eigenvalue weighted by atomic mass is 19.4. The van der Waals surface area contributed by atoms with E-state index in [1.165, 1.54) is 6.07 Å². The van der Waals surface area contributed by atoms with Crippen molar-refractivity contribution < 1.29 is 18.3 Å². The lowest BCUT2D eigenvalue weighted by molar-refractivity contribution is -0.137. The zero-order chi connectivity index (χ0) is 11.1. The molecule has 1 unspecified atom stereocenters. The second-order valence-electron chi connectivity index (χ2n) is 3.10. The van der Waals surface area contributed by atoms with Crippen LogP contribution >= 0.6 is 0 Å². The topological polar surface area (TPSA) is 44.6 Å². The number of benzene rings is 1. The number of hydrogen-bond donors (Lipinski definition) is 2. The van der Waals surface area contributed by atoms with Crippen molar-refractivity contribution in [1.29, 1.82) is 0 Å². The summed E-state index contributed by atoms with van der Waals surface area (Å²) in [5.41, 5.74) is -0.190. The van der Waals surface area contributed by atoms with Crippen molar-refractivity contribution in [2.75, 3.05) is 5.32 Å². The van der Waals surface area contributed by atoms with Crippen molar-refractivity contribution in [1.82, 2.24) is 0 Å². The summed E-state index contributed by atoms with van der Waals surface area (Å²) in [5.74, 6) is 0. The highest BCUT2D eigenvalue weighted by Crippen LogP contribution is 2.36. The zero-order valence-electron chi connectivity index (χ0n) is 7.42. The number of nitrogens with one attached hydrogen (secondary N) is 1. The van der Waals surface area contributed by atoms with Gasteiger partial charge < -0.3 is 10.4 Å². The first-order chi connectivity index (χ1) is 6.97. The number of halogens is 3. The maximum Gasteiger partial charge on any atom is 0.416 e. The van der Waals surface area contributed by atoms with Gasteiger partial charge in [-0.3, -0.25) is 4.99 Å². The van der Waals surface area contributed by atoms with Gasteiger partial charge in [-0.2, -0.15) is 13.2 Å². The quantitative estimate of drug-likeness (QED) is 0.697. The van der Waals surface area contributed by atoms with Gasteiger partial charge in [-0.25, -0.2) is 0 Å². The zero-order valence-corrected chi connectivity index (χ0v) is 7.42. The molecule has 1 atom stereocenters. The number of nitrogens with zero attached hydrogens (tertiary/aromatic N) is 1. The van der Waals surface area contributed by atoms with E-state index < -0.39 is 18.0 Å². The van der Waals surface area contributed by atoms with Crippen LogP contribution in [0.5, 0.6) is 0 Å². The fourth-order valence-corrected chi connectivity index (χ4v) is 1.28. The SMILES string of the molecule is OC1C=Nc2cc(C(F)(F)F)ccc2N1. The Morgan fingerprint density at radius 3 is 2.73 bits per heavy atom. The first-order valence-corrected chi connectivity index (χ1v) is 4.17. The van der Waals surface area contributed by atoms with Crippen LogP contribution in [0.25, 0.3) is 0 Å². The predicted molar refractivity (Wildman–Crippen MR) is 49.2 cm³/mol. The van der Waals surface area contributed by atoms with Gasteiger partial charge in [0.2, 0.25) is 0 Å². The van der Waals surface area contributed by atoms with Crippen LogP contribution in [-0.4, -0.2) is 17.5 Å². The lowest BCUT2D eigenvalue weighted by Crippen LogP contribution is -2.22. The molecule has 2 N–H and O–H groups in total. The van der Waals surface area contributed by atoms with E-state index in [9.17, 15) is 13.2 Å². The molecule has 0 spiro atoms. The van der Waals surface area contributed by atoms with Crippen LogP contribution in [0.4, 0.5) is 24.5 Å². The van der Waals surface area contributed by atoms with E-state index in [-0.39, 0.29) is 5.69 Å². The van der Waals surface area contributed by atoms with E-state index in [0.717, 1.165) is 18.3 Å². The Morgan fingerprint density at radius 2 is 2.07 bits per heavy atom. The maximum absolute atomic E-state index is 12.3. The molecule has 0 bridgehead atoms. The Labute approximate surface area is 83.3 Å². The maximum atomic E-state index is 12.3. The molecular formula is C9H7F3N2O. The van der Waals surface area contributed by atoms with Gasteiger partial charge in [0, 0.05) is 0 Å². The first kappa shape index (κ1) is 9.97. The van der Waals surface area contributed by atoms with Crippen molar-refractivity contribution >= 4 is 17.6 Å². The number of aliphatic imine (C=N–C) groups is 1. The number of alkyl halides is 3. The van der Waals surface area contributed by atoms with Gasteiger partial charge in [-0.05, 0) is 18.2 Å². The van der Waals surface area contributed by atoms with Crippen molar-refractivity contribution in [2.45, 2.75) is 12.4 Å². The average Bonchev–Trinajstić information content (AvgIpc) is 2.15. The molecular weight excluding hydrogens is 209 g/mol. The van der Waals surface area contributed by atoms with Gasteiger partial charge >= 0.3 is 6.18 Å². The molecule has 6 heteroatoms. The van der Waals surface area contributed by atoms with E-state index in [0.29, 0.717) is 5.69 Å². The molecule has 0 fully saturated rings. The van der Waals surface area contributed by atoms with E-state index >= 15 is 0 Å². The van der Waals surface area contributed by atoms with Crippen LogP contribution < -0.4 is 5.32 Å². The number of fused-ring (bicyclic) bond motifs is 1. The molecule has 80 valence electrons. The molecule has 1 heterocycles. The molecule has 1 aromatic carbocycles. The Kier molecular flexibility index (Phi) is 2.15. The fourth-order valence-electron chi connectivity index (χ4n) is 1.28. The fraction of sp³-hybridized carbons (Fsp3) is 0.222. The third kappa shape index (κ3) is 1.94. The number of rotatable bonds is 0. The average molecular weight is 216 g/mol. The minimum Gasteiger partial charge on any atom is -0.369 e.